The number of pyridine rings is 1. The SMILES string of the molecule is CCN(c1ccccc1)S(=O)(=O)c1ccc(N[C@@H](C)c2cc3ccccc3o2)nc1. The van der Waals surface area contributed by atoms with Crippen molar-refractivity contribution in [1.82, 2.24) is 4.98 Å². The third-order valence-electron chi connectivity index (χ3n) is 4.89. The zero-order valence-corrected chi connectivity index (χ0v) is 17.6. The highest BCUT2D eigenvalue weighted by molar-refractivity contribution is 7.92. The third-order valence-corrected chi connectivity index (χ3v) is 6.78. The van der Waals surface area contributed by atoms with Crippen molar-refractivity contribution < 1.29 is 12.8 Å². The second kappa shape index (κ2) is 8.20. The Kier molecular flexibility index (Phi) is 5.46. The zero-order valence-electron chi connectivity index (χ0n) is 16.8. The number of furan rings is 1. The van der Waals surface area contributed by atoms with Crippen LogP contribution >= 0.6 is 0 Å². The molecule has 0 aliphatic rings. The lowest BCUT2D eigenvalue weighted by atomic mass is 10.2. The molecular weight excluding hydrogens is 398 g/mol. The number of fused-ring (bicyclic) bond motifs is 1. The highest BCUT2D eigenvalue weighted by Crippen LogP contribution is 2.27. The van der Waals surface area contributed by atoms with Crippen molar-refractivity contribution in [2.45, 2.75) is 24.8 Å². The van der Waals surface area contributed by atoms with Gasteiger partial charge in [0.15, 0.2) is 0 Å². The topological polar surface area (TPSA) is 75.4 Å². The Morgan fingerprint density at radius 3 is 2.43 bits per heavy atom. The summed E-state index contributed by atoms with van der Waals surface area (Å²) in [6.07, 6.45) is 1.38. The van der Waals surface area contributed by atoms with E-state index in [2.05, 4.69) is 10.3 Å². The number of anilines is 2. The van der Waals surface area contributed by atoms with Crippen LogP contribution in [0.4, 0.5) is 11.5 Å². The third kappa shape index (κ3) is 3.89. The Bertz CT molecular complexity index is 1200. The normalized spacial score (nSPS) is 12.6. The van der Waals surface area contributed by atoms with Crippen LogP contribution in [0.3, 0.4) is 0 Å². The Hall–Kier alpha value is -3.32. The minimum Gasteiger partial charge on any atom is -0.459 e. The van der Waals surface area contributed by atoms with Gasteiger partial charge in [0.1, 0.15) is 22.1 Å². The van der Waals surface area contributed by atoms with Gasteiger partial charge in [-0.2, -0.15) is 0 Å². The highest BCUT2D eigenvalue weighted by Gasteiger charge is 2.24. The maximum absolute atomic E-state index is 13.1. The lowest BCUT2D eigenvalue weighted by Crippen LogP contribution is -2.30. The van der Waals surface area contributed by atoms with E-state index >= 15 is 0 Å². The Morgan fingerprint density at radius 1 is 1.03 bits per heavy atom. The summed E-state index contributed by atoms with van der Waals surface area (Å²) in [6.45, 7) is 4.11. The number of benzene rings is 2. The highest BCUT2D eigenvalue weighted by atomic mass is 32.2. The summed E-state index contributed by atoms with van der Waals surface area (Å²) < 4.78 is 33.4. The largest absolute Gasteiger partial charge is 0.459 e. The van der Waals surface area contributed by atoms with Gasteiger partial charge in [-0.05, 0) is 50.2 Å². The molecule has 4 aromatic rings. The zero-order chi connectivity index (χ0) is 21.1. The van der Waals surface area contributed by atoms with E-state index in [0.29, 0.717) is 18.1 Å². The molecule has 0 unspecified atom stereocenters. The summed E-state index contributed by atoms with van der Waals surface area (Å²) in [4.78, 5) is 4.46. The van der Waals surface area contributed by atoms with Crippen LogP contribution in [0.5, 0.6) is 0 Å². The molecule has 1 atom stereocenters. The van der Waals surface area contributed by atoms with Crippen LogP contribution in [0.25, 0.3) is 11.0 Å². The van der Waals surface area contributed by atoms with Gasteiger partial charge in [0.25, 0.3) is 10.0 Å². The van der Waals surface area contributed by atoms with Crippen molar-refractivity contribution >= 4 is 32.5 Å². The Labute approximate surface area is 176 Å². The number of hydrogen-bond donors (Lipinski definition) is 1. The molecule has 0 spiro atoms. The molecule has 0 aliphatic heterocycles. The molecule has 1 N–H and O–H groups in total. The van der Waals surface area contributed by atoms with E-state index < -0.39 is 10.0 Å². The van der Waals surface area contributed by atoms with Crippen LogP contribution in [0, 0.1) is 0 Å². The fourth-order valence-electron chi connectivity index (χ4n) is 3.34. The number of aromatic nitrogens is 1. The van der Waals surface area contributed by atoms with E-state index in [1.54, 1.807) is 24.3 Å². The average molecular weight is 422 g/mol. The van der Waals surface area contributed by atoms with Crippen LogP contribution in [0.1, 0.15) is 25.6 Å². The molecule has 7 heteroatoms. The van der Waals surface area contributed by atoms with Crippen molar-refractivity contribution in [3.8, 4) is 0 Å². The standard InChI is InChI=1S/C23H23N3O3S/c1-3-26(19-10-5-4-6-11-19)30(27,28)20-13-14-23(24-16-20)25-17(2)22-15-18-9-7-8-12-21(18)29-22/h4-17H,3H2,1-2H3,(H,24,25)/t17-/m0/s1. The minimum absolute atomic E-state index is 0.121. The molecule has 0 fully saturated rings. The Morgan fingerprint density at radius 2 is 1.77 bits per heavy atom. The first kappa shape index (κ1) is 20.0. The van der Waals surface area contributed by atoms with Gasteiger partial charge >= 0.3 is 0 Å². The summed E-state index contributed by atoms with van der Waals surface area (Å²) in [7, 11) is -3.69. The number of rotatable bonds is 7. The summed E-state index contributed by atoms with van der Waals surface area (Å²) >= 11 is 0. The lowest BCUT2D eigenvalue weighted by molar-refractivity contribution is 0.525. The van der Waals surface area contributed by atoms with Crippen LogP contribution < -0.4 is 9.62 Å². The molecule has 0 bridgehead atoms. The predicted molar refractivity (Wildman–Crippen MR) is 119 cm³/mol. The number of hydrogen-bond acceptors (Lipinski definition) is 5. The molecular formula is C23H23N3O3S. The van der Waals surface area contributed by atoms with Gasteiger partial charge in [-0.25, -0.2) is 13.4 Å². The monoisotopic (exact) mass is 421 g/mol. The van der Waals surface area contributed by atoms with Crippen molar-refractivity contribution in [3.63, 3.8) is 0 Å². The quantitative estimate of drug-likeness (QED) is 0.443. The molecule has 4 rings (SSSR count). The summed E-state index contributed by atoms with van der Waals surface area (Å²) in [5, 5.41) is 4.30. The van der Waals surface area contributed by atoms with E-state index in [1.807, 2.05) is 62.4 Å². The molecule has 0 saturated heterocycles. The maximum Gasteiger partial charge on any atom is 0.265 e. The van der Waals surface area contributed by atoms with Crippen molar-refractivity contribution in [1.29, 1.82) is 0 Å². The summed E-state index contributed by atoms with van der Waals surface area (Å²) in [6, 6.07) is 22.0. The van der Waals surface area contributed by atoms with Crippen LogP contribution in [0.2, 0.25) is 0 Å². The van der Waals surface area contributed by atoms with Crippen molar-refractivity contribution in [3.05, 3.63) is 84.8 Å². The molecule has 6 nitrogen and oxygen atoms in total. The van der Waals surface area contributed by atoms with Gasteiger partial charge in [0.05, 0.1) is 11.7 Å². The molecule has 2 aromatic heterocycles. The second-order valence-corrected chi connectivity index (χ2v) is 8.80. The smallest absolute Gasteiger partial charge is 0.265 e. The number of para-hydroxylation sites is 2. The summed E-state index contributed by atoms with van der Waals surface area (Å²) in [5.41, 5.74) is 1.46. The molecule has 0 saturated carbocycles. The van der Waals surface area contributed by atoms with Gasteiger partial charge in [-0.3, -0.25) is 4.31 Å². The molecule has 2 aromatic carbocycles. The van der Waals surface area contributed by atoms with E-state index in [0.717, 1.165) is 16.7 Å². The predicted octanol–water partition coefficient (Wildman–Crippen LogP) is 5.22. The number of nitrogens with one attached hydrogen (secondary N) is 1. The fraction of sp³-hybridized carbons (Fsp3) is 0.174. The first-order valence-electron chi connectivity index (χ1n) is 9.78. The fourth-order valence-corrected chi connectivity index (χ4v) is 4.76. The van der Waals surface area contributed by atoms with E-state index in [1.165, 1.54) is 10.5 Å². The number of sulfonamides is 1. The van der Waals surface area contributed by atoms with Gasteiger partial charge in [0.2, 0.25) is 0 Å². The molecule has 0 aliphatic carbocycles. The molecule has 2 heterocycles. The minimum atomic E-state index is -3.69. The molecule has 154 valence electrons. The lowest BCUT2D eigenvalue weighted by Gasteiger charge is -2.22. The van der Waals surface area contributed by atoms with E-state index in [-0.39, 0.29) is 10.9 Å². The van der Waals surface area contributed by atoms with Crippen LogP contribution in [-0.2, 0) is 10.0 Å². The van der Waals surface area contributed by atoms with Crippen LogP contribution in [-0.4, -0.2) is 19.9 Å². The van der Waals surface area contributed by atoms with Crippen LogP contribution in [0.15, 0.2) is 88.3 Å². The molecule has 0 radical (unpaired) electrons. The summed E-state index contributed by atoms with van der Waals surface area (Å²) in [5.74, 6) is 1.36. The first-order valence-corrected chi connectivity index (χ1v) is 11.2. The van der Waals surface area contributed by atoms with E-state index in [9.17, 15) is 8.42 Å². The van der Waals surface area contributed by atoms with Gasteiger partial charge in [0, 0.05) is 18.1 Å². The van der Waals surface area contributed by atoms with Gasteiger partial charge < -0.3 is 9.73 Å². The second-order valence-electron chi connectivity index (χ2n) is 6.94. The maximum atomic E-state index is 13.1. The number of nitrogens with zero attached hydrogens (tertiary/aromatic N) is 2. The average Bonchev–Trinajstić information content (AvgIpc) is 3.20. The van der Waals surface area contributed by atoms with Gasteiger partial charge in [-0.1, -0.05) is 36.4 Å². The van der Waals surface area contributed by atoms with Crippen molar-refractivity contribution in [2.24, 2.45) is 0 Å². The van der Waals surface area contributed by atoms with Crippen molar-refractivity contribution in [2.75, 3.05) is 16.2 Å². The molecule has 30 heavy (non-hydrogen) atoms. The van der Waals surface area contributed by atoms with E-state index in [4.69, 9.17) is 4.42 Å². The molecule has 0 amide bonds. The Balaban J connectivity index is 1.53. The first-order chi connectivity index (χ1) is 14.5. The van der Waals surface area contributed by atoms with Gasteiger partial charge in [-0.15, -0.1) is 0 Å².